The van der Waals surface area contributed by atoms with Crippen molar-refractivity contribution >= 4 is 19.4 Å². The molecule has 4 heteroatoms. The van der Waals surface area contributed by atoms with Crippen LogP contribution in [0.3, 0.4) is 0 Å². The fourth-order valence-electron chi connectivity index (χ4n) is 4.23. The minimum absolute atomic E-state index is 0.181. The lowest BCUT2D eigenvalue weighted by molar-refractivity contribution is 0.0895. The maximum Gasteiger partial charge on any atom is 0.409 e. The van der Waals surface area contributed by atoms with Crippen molar-refractivity contribution in [2.45, 2.75) is 43.9 Å². The van der Waals surface area contributed by atoms with Gasteiger partial charge in [0.05, 0.1) is 15.2 Å². The molecule has 1 aliphatic rings. The van der Waals surface area contributed by atoms with Gasteiger partial charge >= 0.3 is 6.09 Å². The number of carbonyl (C=O) groups excluding carboxylic acids is 1. The van der Waals surface area contributed by atoms with Crippen LogP contribution in [-0.4, -0.2) is 38.8 Å². The number of piperidine rings is 1. The standard InChI is InChI=1S/C22H29NO2Si/c1-25-22(24)23-15-14-19(18-10-6-4-7-11-18)16-20(23)17-26(2,3)21-12-8-5-9-13-21/h4-13,19-20H,14-17H2,1-3H3/t19-,20+/m0/s1. The van der Waals surface area contributed by atoms with Gasteiger partial charge in [0, 0.05) is 12.6 Å². The van der Waals surface area contributed by atoms with Gasteiger partial charge in [-0.1, -0.05) is 78.9 Å². The molecule has 1 amide bonds. The highest BCUT2D eigenvalue weighted by molar-refractivity contribution is 6.89. The van der Waals surface area contributed by atoms with E-state index in [4.69, 9.17) is 4.74 Å². The van der Waals surface area contributed by atoms with E-state index in [1.165, 1.54) is 17.9 Å². The van der Waals surface area contributed by atoms with Crippen molar-refractivity contribution in [3.63, 3.8) is 0 Å². The van der Waals surface area contributed by atoms with E-state index in [1.807, 2.05) is 4.90 Å². The quantitative estimate of drug-likeness (QED) is 0.738. The minimum atomic E-state index is -1.65. The highest BCUT2D eigenvalue weighted by atomic mass is 28.3. The average molecular weight is 368 g/mol. The second-order valence-corrected chi connectivity index (χ2v) is 12.7. The van der Waals surface area contributed by atoms with E-state index in [0.29, 0.717) is 5.92 Å². The predicted octanol–water partition coefficient (Wildman–Crippen LogP) is 4.62. The predicted molar refractivity (Wildman–Crippen MR) is 110 cm³/mol. The summed E-state index contributed by atoms with van der Waals surface area (Å²) in [5, 5.41) is 1.45. The third-order valence-corrected chi connectivity index (χ3v) is 9.09. The summed E-state index contributed by atoms with van der Waals surface area (Å²) < 4.78 is 5.08. The number of nitrogens with zero attached hydrogens (tertiary/aromatic N) is 1. The van der Waals surface area contributed by atoms with E-state index < -0.39 is 8.07 Å². The third-order valence-electron chi connectivity index (χ3n) is 5.70. The van der Waals surface area contributed by atoms with Gasteiger partial charge < -0.3 is 9.64 Å². The van der Waals surface area contributed by atoms with Crippen LogP contribution in [0.25, 0.3) is 0 Å². The SMILES string of the molecule is COC(=O)N1CC[C@H](c2ccccc2)C[C@@H]1C[Si](C)(C)c1ccccc1. The maximum absolute atomic E-state index is 12.4. The molecule has 0 aliphatic carbocycles. The highest BCUT2D eigenvalue weighted by Crippen LogP contribution is 2.35. The van der Waals surface area contributed by atoms with Crippen molar-refractivity contribution in [1.29, 1.82) is 0 Å². The van der Waals surface area contributed by atoms with Crippen LogP contribution in [0.4, 0.5) is 4.79 Å². The maximum atomic E-state index is 12.4. The molecule has 0 spiro atoms. The molecule has 1 fully saturated rings. The molecule has 0 N–H and O–H groups in total. The van der Waals surface area contributed by atoms with Crippen molar-refractivity contribution < 1.29 is 9.53 Å². The molecule has 2 atom stereocenters. The number of rotatable bonds is 4. The summed E-state index contributed by atoms with van der Waals surface area (Å²) >= 11 is 0. The summed E-state index contributed by atoms with van der Waals surface area (Å²) in [6.07, 6.45) is 1.84. The van der Waals surface area contributed by atoms with E-state index in [-0.39, 0.29) is 12.1 Å². The van der Waals surface area contributed by atoms with Crippen LogP contribution in [0.1, 0.15) is 24.3 Å². The number of carbonyl (C=O) groups is 1. The summed E-state index contributed by atoms with van der Waals surface area (Å²) in [6.45, 7) is 5.59. The first-order valence-corrected chi connectivity index (χ1v) is 12.7. The molecule has 26 heavy (non-hydrogen) atoms. The van der Waals surface area contributed by atoms with Gasteiger partial charge in [-0.15, -0.1) is 0 Å². The zero-order valence-corrected chi connectivity index (χ0v) is 17.0. The van der Waals surface area contributed by atoms with E-state index in [0.717, 1.165) is 25.4 Å². The first-order valence-electron chi connectivity index (χ1n) is 9.46. The van der Waals surface area contributed by atoms with Gasteiger partial charge in [-0.05, 0) is 30.4 Å². The van der Waals surface area contributed by atoms with Crippen molar-refractivity contribution in [3.8, 4) is 0 Å². The number of amides is 1. The Labute approximate surface area is 158 Å². The Morgan fingerprint density at radius 1 is 1.08 bits per heavy atom. The number of hydrogen-bond acceptors (Lipinski definition) is 2. The molecular weight excluding hydrogens is 338 g/mol. The van der Waals surface area contributed by atoms with Crippen LogP contribution >= 0.6 is 0 Å². The summed E-state index contributed by atoms with van der Waals surface area (Å²) in [4.78, 5) is 14.3. The molecule has 0 radical (unpaired) electrons. The topological polar surface area (TPSA) is 29.5 Å². The van der Waals surface area contributed by atoms with Gasteiger partial charge in [-0.3, -0.25) is 0 Å². The molecule has 0 unspecified atom stereocenters. The fraction of sp³-hybridized carbons (Fsp3) is 0.409. The first kappa shape index (κ1) is 18.7. The monoisotopic (exact) mass is 367 g/mol. The van der Waals surface area contributed by atoms with Crippen LogP contribution in [0.5, 0.6) is 0 Å². The van der Waals surface area contributed by atoms with E-state index in [2.05, 4.69) is 73.8 Å². The average Bonchev–Trinajstić information content (AvgIpc) is 2.68. The Morgan fingerprint density at radius 3 is 2.31 bits per heavy atom. The van der Waals surface area contributed by atoms with Crippen molar-refractivity contribution in [2.24, 2.45) is 0 Å². The van der Waals surface area contributed by atoms with Crippen molar-refractivity contribution in [3.05, 3.63) is 66.2 Å². The van der Waals surface area contributed by atoms with Gasteiger partial charge in [0.15, 0.2) is 0 Å². The first-order chi connectivity index (χ1) is 12.5. The van der Waals surface area contributed by atoms with E-state index in [9.17, 15) is 4.79 Å². The lowest BCUT2D eigenvalue weighted by atomic mass is 9.86. The molecule has 138 valence electrons. The lowest BCUT2D eigenvalue weighted by Gasteiger charge is -2.41. The molecule has 2 aromatic rings. The van der Waals surface area contributed by atoms with Gasteiger partial charge in [0.2, 0.25) is 0 Å². The molecule has 1 aliphatic heterocycles. The van der Waals surface area contributed by atoms with Crippen LogP contribution < -0.4 is 5.19 Å². The number of benzene rings is 2. The second-order valence-electron chi connectivity index (χ2n) is 7.90. The highest BCUT2D eigenvalue weighted by Gasteiger charge is 2.37. The van der Waals surface area contributed by atoms with Crippen LogP contribution in [0, 0.1) is 0 Å². The number of likely N-dealkylation sites (tertiary alicyclic amines) is 1. The zero-order chi connectivity index (χ0) is 18.6. The van der Waals surface area contributed by atoms with Gasteiger partial charge in [-0.2, -0.15) is 0 Å². The lowest BCUT2D eigenvalue weighted by Crippen LogP contribution is -2.52. The zero-order valence-electron chi connectivity index (χ0n) is 16.0. The van der Waals surface area contributed by atoms with Crippen molar-refractivity contribution in [1.82, 2.24) is 4.90 Å². The molecule has 0 bridgehead atoms. The molecule has 0 aromatic heterocycles. The van der Waals surface area contributed by atoms with Gasteiger partial charge in [-0.25, -0.2) is 4.79 Å². The Morgan fingerprint density at radius 2 is 1.69 bits per heavy atom. The molecule has 1 heterocycles. The Balaban J connectivity index is 1.82. The minimum Gasteiger partial charge on any atom is -0.453 e. The third kappa shape index (κ3) is 4.18. The van der Waals surface area contributed by atoms with Gasteiger partial charge in [0.1, 0.15) is 0 Å². The van der Waals surface area contributed by atoms with Crippen LogP contribution in [-0.2, 0) is 4.74 Å². The Kier molecular flexibility index (Phi) is 5.82. The largest absolute Gasteiger partial charge is 0.453 e. The smallest absolute Gasteiger partial charge is 0.409 e. The molecule has 3 rings (SSSR count). The normalized spacial score (nSPS) is 20.7. The summed E-state index contributed by atoms with van der Waals surface area (Å²) in [7, 11) is -0.159. The summed E-state index contributed by atoms with van der Waals surface area (Å²) in [5.74, 6) is 0.516. The number of ether oxygens (including phenoxy) is 1. The summed E-state index contributed by atoms with van der Waals surface area (Å²) in [5.41, 5.74) is 1.39. The van der Waals surface area contributed by atoms with Crippen LogP contribution in [0.15, 0.2) is 60.7 Å². The summed E-state index contributed by atoms with van der Waals surface area (Å²) in [6, 6.07) is 22.8. The van der Waals surface area contributed by atoms with Crippen molar-refractivity contribution in [2.75, 3.05) is 13.7 Å². The molecule has 3 nitrogen and oxygen atoms in total. The van der Waals surface area contributed by atoms with Gasteiger partial charge in [0.25, 0.3) is 0 Å². The van der Waals surface area contributed by atoms with Crippen LogP contribution in [0.2, 0.25) is 19.1 Å². The molecule has 0 saturated carbocycles. The number of hydrogen-bond donors (Lipinski definition) is 0. The number of methoxy groups -OCH3 is 1. The fourth-order valence-corrected chi connectivity index (χ4v) is 7.12. The molecular formula is C22H29NO2Si. The van der Waals surface area contributed by atoms with E-state index >= 15 is 0 Å². The Bertz CT molecular complexity index is 717. The molecule has 2 aromatic carbocycles. The second kappa shape index (κ2) is 8.08. The van der Waals surface area contributed by atoms with E-state index in [1.54, 1.807) is 0 Å². The molecule has 1 saturated heterocycles. The Hall–Kier alpha value is -2.07.